The van der Waals surface area contributed by atoms with Gasteiger partial charge in [-0.3, -0.25) is 9.69 Å². The van der Waals surface area contributed by atoms with Gasteiger partial charge in [0.2, 0.25) is 0 Å². The Morgan fingerprint density at radius 1 is 1.16 bits per heavy atom. The van der Waals surface area contributed by atoms with Crippen LogP contribution in [0.25, 0.3) is 6.08 Å². The first-order valence-corrected chi connectivity index (χ1v) is 8.92. The molecule has 2 aromatic carbocycles. The quantitative estimate of drug-likeness (QED) is 0.761. The summed E-state index contributed by atoms with van der Waals surface area (Å²) in [6, 6.07) is 15.7. The molecule has 0 aromatic heterocycles. The summed E-state index contributed by atoms with van der Waals surface area (Å²) < 4.78 is 5.35. The van der Waals surface area contributed by atoms with Crippen LogP contribution in [0.2, 0.25) is 0 Å². The van der Waals surface area contributed by atoms with Gasteiger partial charge in [-0.05, 0) is 48.0 Å². The Morgan fingerprint density at radius 3 is 2.56 bits per heavy atom. The summed E-state index contributed by atoms with van der Waals surface area (Å²) in [6.45, 7) is 2.12. The predicted molar refractivity (Wildman–Crippen MR) is 104 cm³/mol. The Balaban J connectivity index is 1.88. The number of aryl methyl sites for hydroxylation is 1. The molecule has 4 nitrogen and oxygen atoms in total. The zero-order valence-corrected chi connectivity index (χ0v) is 15.3. The molecule has 0 bridgehead atoms. The highest BCUT2D eigenvalue weighted by atomic mass is 32.2. The third-order valence-corrected chi connectivity index (χ3v) is 5.06. The highest BCUT2D eigenvalue weighted by molar-refractivity contribution is 8.18. The zero-order valence-electron chi connectivity index (χ0n) is 14.5. The van der Waals surface area contributed by atoms with Crippen molar-refractivity contribution in [2.24, 2.45) is 4.99 Å². The van der Waals surface area contributed by atoms with Gasteiger partial charge < -0.3 is 4.74 Å². The van der Waals surface area contributed by atoms with Crippen molar-refractivity contribution in [3.8, 4) is 5.75 Å². The molecule has 1 aliphatic heterocycles. The summed E-state index contributed by atoms with van der Waals surface area (Å²) in [6.07, 6.45) is 2.85. The summed E-state index contributed by atoms with van der Waals surface area (Å²) in [4.78, 5) is 19.4. The number of likely N-dealkylation sites (N-methyl/N-ethyl adjacent to an activating group) is 1. The van der Waals surface area contributed by atoms with Crippen LogP contribution in [-0.4, -0.2) is 30.1 Å². The topological polar surface area (TPSA) is 41.9 Å². The average Bonchev–Trinajstić information content (AvgIpc) is 2.91. The minimum absolute atomic E-state index is 0.0557. The lowest BCUT2D eigenvalue weighted by Gasteiger charge is -2.07. The number of ether oxygens (including phenoxy) is 1. The fourth-order valence-electron chi connectivity index (χ4n) is 2.50. The van der Waals surface area contributed by atoms with Gasteiger partial charge in [0.15, 0.2) is 5.17 Å². The molecule has 5 heteroatoms. The molecule has 1 heterocycles. The monoisotopic (exact) mass is 352 g/mol. The second-order valence-corrected chi connectivity index (χ2v) is 6.64. The Hall–Kier alpha value is -2.53. The molecule has 1 saturated heterocycles. The van der Waals surface area contributed by atoms with Gasteiger partial charge in [-0.1, -0.05) is 37.3 Å². The SMILES string of the molecule is CCc1ccc(N=C2S/C(=C/c3ccccc3OC)C(=O)N2C)cc1. The first-order valence-electron chi connectivity index (χ1n) is 8.10. The largest absolute Gasteiger partial charge is 0.496 e. The number of carbonyl (C=O) groups excluding carboxylic acids is 1. The molecular formula is C20H20N2O2S. The van der Waals surface area contributed by atoms with E-state index >= 15 is 0 Å². The minimum Gasteiger partial charge on any atom is -0.496 e. The van der Waals surface area contributed by atoms with Crippen LogP contribution in [0.15, 0.2) is 58.4 Å². The van der Waals surface area contributed by atoms with E-state index in [-0.39, 0.29) is 5.91 Å². The zero-order chi connectivity index (χ0) is 17.8. The van der Waals surface area contributed by atoms with Crippen molar-refractivity contribution < 1.29 is 9.53 Å². The Bertz CT molecular complexity index is 841. The van der Waals surface area contributed by atoms with E-state index in [1.54, 1.807) is 19.1 Å². The number of benzene rings is 2. The summed E-state index contributed by atoms with van der Waals surface area (Å²) in [5.41, 5.74) is 2.99. The number of para-hydroxylation sites is 1. The molecule has 0 spiro atoms. The predicted octanol–water partition coefficient (Wildman–Crippen LogP) is 4.49. The van der Waals surface area contributed by atoms with Gasteiger partial charge in [0, 0.05) is 12.6 Å². The van der Waals surface area contributed by atoms with Crippen molar-refractivity contribution >= 4 is 34.6 Å². The number of amides is 1. The van der Waals surface area contributed by atoms with Gasteiger partial charge >= 0.3 is 0 Å². The number of thioether (sulfide) groups is 1. The average molecular weight is 352 g/mol. The van der Waals surface area contributed by atoms with Crippen molar-refractivity contribution in [3.05, 3.63) is 64.6 Å². The molecule has 1 aliphatic rings. The van der Waals surface area contributed by atoms with Crippen LogP contribution >= 0.6 is 11.8 Å². The lowest BCUT2D eigenvalue weighted by molar-refractivity contribution is -0.121. The third-order valence-electron chi connectivity index (χ3n) is 4.00. The number of methoxy groups -OCH3 is 1. The Labute approximate surface area is 152 Å². The van der Waals surface area contributed by atoms with E-state index in [0.29, 0.717) is 10.1 Å². The van der Waals surface area contributed by atoms with E-state index in [2.05, 4.69) is 24.0 Å². The summed E-state index contributed by atoms with van der Waals surface area (Å²) in [5.74, 6) is 0.687. The number of rotatable bonds is 4. The molecule has 0 aliphatic carbocycles. The first kappa shape index (κ1) is 17.3. The lowest BCUT2D eigenvalue weighted by Crippen LogP contribution is -2.23. The fraction of sp³-hybridized carbons (Fsp3) is 0.200. The number of amidine groups is 1. The molecule has 2 aromatic rings. The molecule has 0 atom stereocenters. The molecule has 3 rings (SSSR count). The van der Waals surface area contributed by atoms with Crippen LogP contribution in [0.1, 0.15) is 18.1 Å². The Kier molecular flexibility index (Phi) is 5.24. The van der Waals surface area contributed by atoms with Crippen molar-refractivity contribution in [1.82, 2.24) is 4.90 Å². The lowest BCUT2D eigenvalue weighted by atomic mass is 10.2. The summed E-state index contributed by atoms with van der Waals surface area (Å²) in [5, 5.41) is 0.676. The van der Waals surface area contributed by atoms with Crippen LogP contribution < -0.4 is 4.74 Å². The molecule has 1 amide bonds. The van der Waals surface area contributed by atoms with E-state index < -0.39 is 0 Å². The van der Waals surface area contributed by atoms with E-state index in [1.807, 2.05) is 42.5 Å². The van der Waals surface area contributed by atoms with Gasteiger partial charge in [0.25, 0.3) is 5.91 Å². The number of hydrogen-bond acceptors (Lipinski definition) is 4. The maximum atomic E-state index is 12.5. The second kappa shape index (κ2) is 7.57. The molecule has 25 heavy (non-hydrogen) atoms. The van der Waals surface area contributed by atoms with Crippen LogP contribution in [0, 0.1) is 0 Å². The van der Waals surface area contributed by atoms with Crippen LogP contribution in [0.5, 0.6) is 5.75 Å². The smallest absolute Gasteiger partial charge is 0.266 e. The van der Waals surface area contributed by atoms with E-state index in [4.69, 9.17) is 4.74 Å². The van der Waals surface area contributed by atoms with Gasteiger partial charge in [-0.25, -0.2) is 4.99 Å². The highest BCUT2D eigenvalue weighted by Crippen LogP contribution is 2.34. The molecule has 0 radical (unpaired) electrons. The van der Waals surface area contributed by atoms with E-state index in [9.17, 15) is 4.79 Å². The van der Waals surface area contributed by atoms with Gasteiger partial charge in [-0.2, -0.15) is 0 Å². The Morgan fingerprint density at radius 2 is 1.88 bits per heavy atom. The minimum atomic E-state index is -0.0557. The summed E-state index contributed by atoms with van der Waals surface area (Å²) >= 11 is 1.38. The number of nitrogens with zero attached hydrogens (tertiary/aromatic N) is 2. The number of carbonyl (C=O) groups is 1. The highest BCUT2D eigenvalue weighted by Gasteiger charge is 2.30. The van der Waals surface area contributed by atoms with E-state index in [0.717, 1.165) is 23.4 Å². The summed E-state index contributed by atoms with van der Waals surface area (Å²) in [7, 11) is 3.37. The van der Waals surface area contributed by atoms with Crippen LogP contribution in [-0.2, 0) is 11.2 Å². The molecule has 0 N–H and O–H groups in total. The first-order chi connectivity index (χ1) is 12.1. The third kappa shape index (κ3) is 3.77. The van der Waals surface area contributed by atoms with Crippen LogP contribution in [0.3, 0.4) is 0 Å². The normalized spacial score (nSPS) is 17.6. The molecule has 128 valence electrons. The van der Waals surface area contributed by atoms with Gasteiger partial charge in [0.1, 0.15) is 5.75 Å². The number of hydrogen-bond donors (Lipinski definition) is 0. The fourth-order valence-corrected chi connectivity index (χ4v) is 3.47. The van der Waals surface area contributed by atoms with Crippen LogP contribution in [0.4, 0.5) is 5.69 Å². The molecule has 1 fully saturated rings. The van der Waals surface area contributed by atoms with Crippen molar-refractivity contribution in [3.63, 3.8) is 0 Å². The second-order valence-electron chi connectivity index (χ2n) is 5.63. The van der Waals surface area contributed by atoms with Crippen molar-refractivity contribution in [1.29, 1.82) is 0 Å². The standard InChI is InChI=1S/C20H20N2O2S/c1-4-14-9-11-16(12-10-14)21-20-22(2)19(23)18(25-20)13-15-7-5-6-8-17(15)24-3/h5-13H,4H2,1-3H3/b18-13+,21-20?. The maximum absolute atomic E-state index is 12.5. The maximum Gasteiger partial charge on any atom is 0.266 e. The van der Waals surface area contributed by atoms with Crippen molar-refractivity contribution in [2.45, 2.75) is 13.3 Å². The van der Waals surface area contributed by atoms with Gasteiger partial charge in [-0.15, -0.1) is 0 Å². The number of aliphatic imine (C=N–C) groups is 1. The molecule has 0 unspecified atom stereocenters. The van der Waals surface area contributed by atoms with Crippen molar-refractivity contribution in [2.75, 3.05) is 14.2 Å². The molecular weight excluding hydrogens is 332 g/mol. The van der Waals surface area contributed by atoms with Gasteiger partial charge in [0.05, 0.1) is 17.7 Å². The molecule has 0 saturated carbocycles. The van der Waals surface area contributed by atoms with E-state index in [1.165, 1.54) is 17.3 Å².